The number of benzene rings is 1. The van der Waals surface area contributed by atoms with E-state index >= 15 is 0 Å². The van der Waals surface area contributed by atoms with Crippen LogP contribution in [-0.4, -0.2) is 11.2 Å². The first-order valence-corrected chi connectivity index (χ1v) is 6.58. The number of fused-ring (bicyclic) bond motifs is 1. The van der Waals surface area contributed by atoms with Crippen molar-refractivity contribution in [2.45, 2.75) is 58.0 Å². The third-order valence-electron chi connectivity index (χ3n) is 3.64. The van der Waals surface area contributed by atoms with E-state index in [0.717, 1.165) is 25.7 Å². The Morgan fingerprint density at radius 1 is 1.25 bits per heavy atom. The van der Waals surface area contributed by atoms with E-state index in [4.69, 9.17) is 0 Å². The second-order valence-corrected chi connectivity index (χ2v) is 4.91. The van der Waals surface area contributed by atoms with Gasteiger partial charge in [0.1, 0.15) is 0 Å². The Balaban J connectivity index is 1.86. The molecule has 0 heterocycles. The van der Waals surface area contributed by atoms with Gasteiger partial charge in [-0.25, -0.2) is 0 Å². The minimum Gasteiger partial charge on any atom is -0.393 e. The van der Waals surface area contributed by atoms with Crippen LogP contribution in [0.2, 0.25) is 0 Å². The largest absolute Gasteiger partial charge is 0.393 e. The summed E-state index contributed by atoms with van der Waals surface area (Å²) in [5.74, 6) is 0. The molecule has 1 N–H and O–H groups in total. The van der Waals surface area contributed by atoms with Crippen LogP contribution in [0.3, 0.4) is 0 Å². The summed E-state index contributed by atoms with van der Waals surface area (Å²) in [5, 5.41) is 9.49. The molecule has 1 aromatic rings. The molecule has 1 atom stereocenters. The third kappa shape index (κ3) is 2.85. The van der Waals surface area contributed by atoms with Crippen LogP contribution < -0.4 is 0 Å². The van der Waals surface area contributed by atoms with Crippen LogP contribution in [0.25, 0.3) is 0 Å². The molecule has 0 spiro atoms. The maximum atomic E-state index is 9.49. The molecule has 1 aliphatic carbocycles. The number of aliphatic hydroxyl groups is 1. The third-order valence-corrected chi connectivity index (χ3v) is 3.64. The first-order valence-electron chi connectivity index (χ1n) is 6.58. The molecule has 1 nitrogen and oxygen atoms in total. The number of hydrogen-bond acceptors (Lipinski definition) is 1. The number of aliphatic hydroxyl groups excluding tert-OH is 1. The SMILES string of the molecule is CCC(O)CCCc1ccc2c(c1)CCC2. The molecular weight excluding hydrogens is 196 g/mol. The quantitative estimate of drug-likeness (QED) is 0.804. The minimum absolute atomic E-state index is 0.102. The summed E-state index contributed by atoms with van der Waals surface area (Å²) in [6.07, 6.45) is 7.79. The standard InChI is InChI=1S/C15H22O/c1-2-15(16)8-3-5-12-9-10-13-6-4-7-14(13)11-12/h9-11,15-16H,2-8H2,1H3. The van der Waals surface area contributed by atoms with Gasteiger partial charge in [-0.3, -0.25) is 0 Å². The van der Waals surface area contributed by atoms with Crippen LogP contribution in [0.15, 0.2) is 18.2 Å². The van der Waals surface area contributed by atoms with E-state index in [1.54, 1.807) is 11.1 Å². The second-order valence-electron chi connectivity index (χ2n) is 4.91. The molecule has 0 saturated heterocycles. The van der Waals surface area contributed by atoms with Gasteiger partial charge in [0.25, 0.3) is 0 Å². The molecule has 0 saturated carbocycles. The van der Waals surface area contributed by atoms with Crippen LogP contribution in [0, 0.1) is 0 Å². The minimum atomic E-state index is -0.102. The molecule has 0 radical (unpaired) electrons. The average molecular weight is 218 g/mol. The topological polar surface area (TPSA) is 20.2 Å². The molecule has 0 aromatic heterocycles. The van der Waals surface area contributed by atoms with Crippen molar-refractivity contribution >= 4 is 0 Å². The zero-order valence-corrected chi connectivity index (χ0v) is 10.2. The highest BCUT2D eigenvalue weighted by atomic mass is 16.3. The smallest absolute Gasteiger partial charge is 0.0537 e. The van der Waals surface area contributed by atoms with Crippen LogP contribution in [0.1, 0.15) is 49.3 Å². The summed E-state index contributed by atoms with van der Waals surface area (Å²) in [5.41, 5.74) is 4.56. The van der Waals surface area contributed by atoms with Gasteiger partial charge in [0.2, 0.25) is 0 Å². The highest BCUT2D eigenvalue weighted by Crippen LogP contribution is 2.23. The van der Waals surface area contributed by atoms with Crippen molar-refractivity contribution < 1.29 is 5.11 Å². The fraction of sp³-hybridized carbons (Fsp3) is 0.600. The molecule has 1 aliphatic rings. The summed E-state index contributed by atoms with van der Waals surface area (Å²) in [7, 11) is 0. The van der Waals surface area contributed by atoms with Crippen molar-refractivity contribution in [2.24, 2.45) is 0 Å². The predicted molar refractivity (Wildman–Crippen MR) is 67.7 cm³/mol. The Labute approximate surface area is 98.5 Å². The Bertz CT molecular complexity index is 343. The van der Waals surface area contributed by atoms with Crippen molar-refractivity contribution in [1.82, 2.24) is 0 Å². The van der Waals surface area contributed by atoms with Crippen LogP contribution in [-0.2, 0) is 19.3 Å². The average Bonchev–Trinajstić information content (AvgIpc) is 2.76. The molecular formula is C15H22O. The highest BCUT2D eigenvalue weighted by Gasteiger charge is 2.10. The summed E-state index contributed by atoms with van der Waals surface area (Å²) < 4.78 is 0. The number of hydrogen-bond donors (Lipinski definition) is 1. The Kier molecular flexibility index (Phi) is 4.00. The van der Waals surface area contributed by atoms with Gasteiger partial charge in [0.15, 0.2) is 0 Å². The van der Waals surface area contributed by atoms with E-state index in [0.29, 0.717) is 0 Å². The Morgan fingerprint density at radius 2 is 2.06 bits per heavy atom. The van der Waals surface area contributed by atoms with Gasteiger partial charge >= 0.3 is 0 Å². The molecule has 0 amide bonds. The normalized spacial score (nSPS) is 16.1. The maximum absolute atomic E-state index is 9.49. The summed E-state index contributed by atoms with van der Waals surface area (Å²) in [6, 6.07) is 6.94. The van der Waals surface area contributed by atoms with Crippen molar-refractivity contribution in [3.8, 4) is 0 Å². The van der Waals surface area contributed by atoms with E-state index in [2.05, 4.69) is 18.2 Å². The molecule has 1 unspecified atom stereocenters. The summed E-state index contributed by atoms with van der Waals surface area (Å²) >= 11 is 0. The van der Waals surface area contributed by atoms with Crippen LogP contribution in [0.5, 0.6) is 0 Å². The van der Waals surface area contributed by atoms with E-state index in [1.165, 1.54) is 24.8 Å². The lowest BCUT2D eigenvalue weighted by Gasteiger charge is -2.08. The molecule has 1 heteroatoms. The lowest BCUT2D eigenvalue weighted by Crippen LogP contribution is -2.04. The highest BCUT2D eigenvalue weighted by molar-refractivity contribution is 5.35. The van der Waals surface area contributed by atoms with Crippen molar-refractivity contribution in [2.75, 3.05) is 0 Å². The fourth-order valence-electron chi connectivity index (χ4n) is 2.53. The lowest BCUT2D eigenvalue weighted by molar-refractivity contribution is 0.158. The first-order chi connectivity index (χ1) is 7.79. The summed E-state index contributed by atoms with van der Waals surface area (Å²) in [6.45, 7) is 2.04. The Morgan fingerprint density at radius 3 is 2.88 bits per heavy atom. The van der Waals surface area contributed by atoms with Gasteiger partial charge < -0.3 is 5.11 Å². The van der Waals surface area contributed by atoms with E-state index < -0.39 is 0 Å². The molecule has 16 heavy (non-hydrogen) atoms. The zero-order valence-electron chi connectivity index (χ0n) is 10.2. The van der Waals surface area contributed by atoms with Gasteiger partial charge in [-0.05, 0) is 61.6 Å². The molecule has 2 rings (SSSR count). The van der Waals surface area contributed by atoms with E-state index in [9.17, 15) is 5.11 Å². The number of rotatable bonds is 5. The first kappa shape index (κ1) is 11.7. The molecule has 0 aliphatic heterocycles. The Hall–Kier alpha value is -0.820. The van der Waals surface area contributed by atoms with Crippen LogP contribution in [0.4, 0.5) is 0 Å². The molecule has 0 bridgehead atoms. The zero-order chi connectivity index (χ0) is 11.4. The van der Waals surface area contributed by atoms with E-state index in [1.807, 2.05) is 6.92 Å². The van der Waals surface area contributed by atoms with Crippen molar-refractivity contribution in [3.05, 3.63) is 34.9 Å². The molecule has 88 valence electrons. The predicted octanol–water partition coefficient (Wildman–Crippen LogP) is 3.27. The van der Waals surface area contributed by atoms with Gasteiger partial charge in [-0.1, -0.05) is 25.1 Å². The van der Waals surface area contributed by atoms with Gasteiger partial charge in [0, 0.05) is 0 Å². The van der Waals surface area contributed by atoms with Crippen molar-refractivity contribution in [1.29, 1.82) is 0 Å². The van der Waals surface area contributed by atoms with Crippen molar-refractivity contribution in [3.63, 3.8) is 0 Å². The molecule has 0 fully saturated rings. The van der Waals surface area contributed by atoms with E-state index in [-0.39, 0.29) is 6.10 Å². The van der Waals surface area contributed by atoms with Gasteiger partial charge in [-0.15, -0.1) is 0 Å². The number of aryl methyl sites for hydroxylation is 3. The molecule has 1 aromatic carbocycles. The lowest BCUT2D eigenvalue weighted by atomic mass is 10.0. The second kappa shape index (κ2) is 5.49. The summed E-state index contributed by atoms with van der Waals surface area (Å²) in [4.78, 5) is 0. The fourth-order valence-corrected chi connectivity index (χ4v) is 2.53. The van der Waals surface area contributed by atoms with Gasteiger partial charge in [0.05, 0.1) is 6.10 Å². The van der Waals surface area contributed by atoms with Crippen LogP contribution >= 0.6 is 0 Å². The van der Waals surface area contributed by atoms with Gasteiger partial charge in [-0.2, -0.15) is 0 Å². The maximum Gasteiger partial charge on any atom is 0.0537 e. The monoisotopic (exact) mass is 218 g/mol.